The van der Waals surface area contributed by atoms with Gasteiger partial charge in [-0.1, -0.05) is 13.8 Å². The lowest BCUT2D eigenvalue weighted by atomic mass is 9.73. The van der Waals surface area contributed by atoms with E-state index in [4.69, 9.17) is 0 Å². The Balaban J connectivity index is 2.41. The maximum absolute atomic E-state index is 14.1. The highest BCUT2D eigenvalue weighted by atomic mass is 19.1. The summed E-state index contributed by atoms with van der Waals surface area (Å²) in [7, 11) is 0. The van der Waals surface area contributed by atoms with Crippen molar-refractivity contribution in [1.29, 1.82) is 0 Å². The van der Waals surface area contributed by atoms with Crippen molar-refractivity contribution in [2.24, 2.45) is 11.8 Å². The molecule has 0 aromatic carbocycles. The van der Waals surface area contributed by atoms with Gasteiger partial charge in [0.05, 0.1) is 0 Å². The number of carbonyl (C=O) groups excluding carboxylic acids is 1. The second-order valence-corrected chi connectivity index (χ2v) is 5.04. The number of hydrogen-bond acceptors (Lipinski definition) is 1. The second kappa shape index (κ2) is 4.41. The van der Waals surface area contributed by atoms with Crippen LogP contribution < -0.4 is 0 Å². The zero-order valence-corrected chi connectivity index (χ0v) is 9.48. The predicted molar refractivity (Wildman–Crippen MR) is 55.9 cm³/mol. The van der Waals surface area contributed by atoms with Gasteiger partial charge < -0.3 is 4.79 Å². The minimum atomic E-state index is -0.965. The quantitative estimate of drug-likeness (QED) is 0.681. The van der Waals surface area contributed by atoms with Gasteiger partial charge in [-0.2, -0.15) is 0 Å². The monoisotopic (exact) mass is 200 g/mol. The lowest BCUT2D eigenvalue weighted by Crippen LogP contribution is -2.35. The summed E-state index contributed by atoms with van der Waals surface area (Å²) in [5.41, 5.74) is -0.965. The Hall–Kier alpha value is -0.400. The fourth-order valence-electron chi connectivity index (χ4n) is 2.35. The van der Waals surface area contributed by atoms with Crippen molar-refractivity contribution in [2.75, 3.05) is 0 Å². The minimum Gasteiger partial charge on any atom is -0.300 e. The van der Waals surface area contributed by atoms with E-state index >= 15 is 0 Å². The second-order valence-electron chi connectivity index (χ2n) is 5.04. The topological polar surface area (TPSA) is 17.1 Å². The van der Waals surface area contributed by atoms with Crippen LogP contribution in [-0.2, 0) is 4.79 Å². The molecule has 1 aliphatic carbocycles. The summed E-state index contributed by atoms with van der Waals surface area (Å²) in [6.07, 6.45) is 3.70. The van der Waals surface area contributed by atoms with Crippen molar-refractivity contribution in [3.05, 3.63) is 0 Å². The smallest absolute Gasteiger partial charge is 0.130 e. The third-order valence-electron chi connectivity index (χ3n) is 3.55. The largest absolute Gasteiger partial charge is 0.300 e. The highest BCUT2D eigenvalue weighted by molar-refractivity contribution is 5.75. The summed E-state index contributed by atoms with van der Waals surface area (Å²) in [4.78, 5) is 10.9. The molecule has 0 spiro atoms. The average Bonchev–Trinajstić information content (AvgIpc) is 2.08. The van der Waals surface area contributed by atoms with E-state index in [0.29, 0.717) is 25.2 Å². The van der Waals surface area contributed by atoms with Gasteiger partial charge in [0.25, 0.3) is 0 Å². The average molecular weight is 200 g/mol. The standard InChI is InChI=1S/C12H21FO/c1-9(2)12(13)6-4-11(5-7-12)8-10(3)14/h9,11H,4-8H2,1-3H3. The molecule has 1 rings (SSSR count). The minimum absolute atomic E-state index is 0.112. The summed E-state index contributed by atoms with van der Waals surface area (Å²) in [5.74, 6) is 0.793. The Labute approximate surface area is 86.1 Å². The first kappa shape index (κ1) is 11.7. The molecule has 1 saturated carbocycles. The molecule has 0 unspecified atom stereocenters. The fourth-order valence-corrected chi connectivity index (χ4v) is 2.35. The van der Waals surface area contributed by atoms with Gasteiger partial charge in [-0.05, 0) is 44.4 Å². The van der Waals surface area contributed by atoms with Crippen LogP contribution in [0.4, 0.5) is 4.39 Å². The number of hydrogen-bond donors (Lipinski definition) is 0. The maximum Gasteiger partial charge on any atom is 0.130 e. The number of Topliss-reactive ketones (excluding diaryl/α,β-unsaturated/α-hetero) is 1. The molecule has 82 valence electrons. The van der Waals surface area contributed by atoms with Gasteiger partial charge in [0.15, 0.2) is 0 Å². The molecule has 0 aliphatic heterocycles. The summed E-state index contributed by atoms with van der Waals surface area (Å²) in [6, 6.07) is 0. The number of alkyl halides is 1. The van der Waals surface area contributed by atoms with E-state index in [-0.39, 0.29) is 11.7 Å². The van der Waals surface area contributed by atoms with Gasteiger partial charge in [0.1, 0.15) is 11.5 Å². The lowest BCUT2D eigenvalue weighted by Gasteiger charge is -2.36. The molecular formula is C12H21FO. The van der Waals surface area contributed by atoms with Crippen LogP contribution in [0.3, 0.4) is 0 Å². The van der Waals surface area contributed by atoms with Gasteiger partial charge in [-0.25, -0.2) is 4.39 Å². The highest BCUT2D eigenvalue weighted by Crippen LogP contribution is 2.41. The lowest BCUT2D eigenvalue weighted by molar-refractivity contribution is -0.118. The SMILES string of the molecule is CC(=O)CC1CCC(F)(C(C)C)CC1. The summed E-state index contributed by atoms with van der Waals surface area (Å²) in [6.45, 7) is 5.52. The van der Waals surface area contributed by atoms with E-state index in [9.17, 15) is 9.18 Å². The molecule has 0 saturated heterocycles. The van der Waals surface area contributed by atoms with Crippen LogP contribution in [0.15, 0.2) is 0 Å². The first-order valence-corrected chi connectivity index (χ1v) is 5.62. The van der Waals surface area contributed by atoms with Crippen molar-refractivity contribution in [2.45, 2.75) is 58.5 Å². The van der Waals surface area contributed by atoms with Crippen LogP contribution in [0.2, 0.25) is 0 Å². The van der Waals surface area contributed by atoms with E-state index in [2.05, 4.69) is 0 Å². The summed E-state index contributed by atoms with van der Waals surface area (Å²) >= 11 is 0. The Morgan fingerprint density at radius 1 is 1.43 bits per heavy atom. The first-order chi connectivity index (χ1) is 6.44. The van der Waals surface area contributed by atoms with Crippen molar-refractivity contribution in [3.63, 3.8) is 0 Å². The van der Waals surface area contributed by atoms with E-state index in [0.717, 1.165) is 12.8 Å². The van der Waals surface area contributed by atoms with E-state index in [1.54, 1.807) is 6.92 Å². The molecule has 0 bridgehead atoms. The zero-order valence-electron chi connectivity index (χ0n) is 9.48. The molecule has 0 amide bonds. The first-order valence-electron chi connectivity index (χ1n) is 5.62. The highest BCUT2D eigenvalue weighted by Gasteiger charge is 2.37. The molecule has 0 heterocycles. The number of carbonyl (C=O) groups is 1. The summed E-state index contributed by atoms with van der Waals surface area (Å²) < 4.78 is 14.1. The van der Waals surface area contributed by atoms with Gasteiger partial charge in [0, 0.05) is 6.42 Å². The molecular weight excluding hydrogens is 179 g/mol. The van der Waals surface area contributed by atoms with Crippen LogP contribution in [0.25, 0.3) is 0 Å². The molecule has 1 aliphatic rings. The third-order valence-corrected chi connectivity index (χ3v) is 3.55. The normalized spacial score (nSPS) is 33.4. The van der Waals surface area contributed by atoms with Crippen LogP contribution >= 0.6 is 0 Å². The van der Waals surface area contributed by atoms with Crippen molar-refractivity contribution < 1.29 is 9.18 Å². The third kappa shape index (κ3) is 2.79. The van der Waals surface area contributed by atoms with Gasteiger partial charge in [-0.3, -0.25) is 0 Å². The Bertz CT molecular complexity index is 202. The van der Waals surface area contributed by atoms with Gasteiger partial charge in [-0.15, -0.1) is 0 Å². The molecule has 1 nitrogen and oxygen atoms in total. The van der Waals surface area contributed by atoms with E-state index < -0.39 is 5.67 Å². The van der Waals surface area contributed by atoms with Gasteiger partial charge >= 0.3 is 0 Å². The number of halogens is 1. The molecule has 1 fully saturated rings. The van der Waals surface area contributed by atoms with Crippen LogP contribution in [0.5, 0.6) is 0 Å². The Morgan fingerprint density at radius 3 is 2.29 bits per heavy atom. The Morgan fingerprint density at radius 2 is 1.93 bits per heavy atom. The Kier molecular flexibility index (Phi) is 3.68. The molecule has 0 radical (unpaired) electrons. The number of rotatable bonds is 3. The molecule has 0 N–H and O–H groups in total. The number of ketones is 1. The van der Waals surface area contributed by atoms with Crippen LogP contribution in [0, 0.1) is 11.8 Å². The van der Waals surface area contributed by atoms with Crippen LogP contribution in [0.1, 0.15) is 52.9 Å². The molecule has 2 heteroatoms. The molecule has 0 aromatic rings. The molecule has 0 atom stereocenters. The summed E-state index contributed by atoms with van der Waals surface area (Å²) in [5, 5.41) is 0. The van der Waals surface area contributed by atoms with Crippen LogP contribution in [-0.4, -0.2) is 11.5 Å². The van der Waals surface area contributed by atoms with Crippen molar-refractivity contribution in [1.82, 2.24) is 0 Å². The van der Waals surface area contributed by atoms with E-state index in [1.807, 2.05) is 13.8 Å². The van der Waals surface area contributed by atoms with E-state index in [1.165, 1.54) is 0 Å². The van der Waals surface area contributed by atoms with Crippen molar-refractivity contribution in [3.8, 4) is 0 Å². The van der Waals surface area contributed by atoms with Gasteiger partial charge in [0.2, 0.25) is 0 Å². The molecule has 0 aromatic heterocycles. The predicted octanol–water partition coefficient (Wildman–Crippen LogP) is 3.52. The fraction of sp³-hybridized carbons (Fsp3) is 0.917. The zero-order chi connectivity index (χ0) is 10.8. The van der Waals surface area contributed by atoms with Crippen molar-refractivity contribution >= 4 is 5.78 Å². The maximum atomic E-state index is 14.1. The molecule has 14 heavy (non-hydrogen) atoms.